The number of rotatable bonds is 3. The second kappa shape index (κ2) is 8.45. The number of ketones is 4. The van der Waals surface area contributed by atoms with E-state index in [0.29, 0.717) is 5.56 Å². The van der Waals surface area contributed by atoms with Crippen molar-refractivity contribution in [1.82, 2.24) is 0 Å². The number of aliphatic hydroxyl groups is 1. The molecule has 5 rings (SSSR count). The highest BCUT2D eigenvalue weighted by Gasteiger charge is 2.69. The largest absolute Gasteiger partial charge is 0.507 e. The lowest BCUT2D eigenvalue weighted by Crippen LogP contribution is -2.71. The van der Waals surface area contributed by atoms with Gasteiger partial charge in [-0.2, -0.15) is 0 Å². The minimum Gasteiger partial charge on any atom is -0.507 e. The minimum absolute atomic E-state index is 0.00333. The van der Waals surface area contributed by atoms with Gasteiger partial charge < -0.3 is 15.9 Å². The summed E-state index contributed by atoms with van der Waals surface area (Å²) in [5.74, 6) is -11.5. The number of carbonyl (C=O) groups excluding carboxylic acids is 5. The molecule has 0 aliphatic heterocycles. The third-order valence-electron chi connectivity index (χ3n) is 8.63. The van der Waals surface area contributed by atoms with E-state index in [0.717, 1.165) is 16.7 Å². The maximum absolute atomic E-state index is 13.9. The Labute approximate surface area is 213 Å². The van der Waals surface area contributed by atoms with Crippen molar-refractivity contribution in [1.29, 1.82) is 0 Å². The predicted molar refractivity (Wildman–Crippen MR) is 132 cm³/mol. The summed E-state index contributed by atoms with van der Waals surface area (Å²) in [6.07, 6.45) is 0.307. The molecule has 2 aromatic carbocycles. The number of phenols is 1. The summed E-state index contributed by atoms with van der Waals surface area (Å²) in [4.78, 5) is 66.3. The molecule has 0 heterocycles. The van der Waals surface area contributed by atoms with Crippen LogP contribution in [0.25, 0.3) is 11.1 Å². The van der Waals surface area contributed by atoms with Gasteiger partial charge in [0.2, 0.25) is 5.91 Å². The Bertz CT molecular complexity index is 1390. The molecule has 2 fully saturated rings. The van der Waals surface area contributed by atoms with Gasteiger partial charge in [-0.25, -0.2) is 0 Å². The maximum atomic E-state index is 13.9. The molecule has 3 aliphatic carbocycles. The number of primary amides is 1. The van der Waals surface area contributed by atoms with E-state index < -0.39 is 64.2 Å². The highest BCUT2D eigenvalue weighted by atomic mass is 16.3. The summed E-state index contributed by atoms with van der Waals surface area (Å²) in [6, 6.07) is 10.8. The van der Waals surface area contributed by atoms with E-state index in [4.69, 9.17) is 5.73 Å². The number of Topliss-reactive ketones (excluding diaryl/α,β-unsaturated/α-hetero) is 4. The second-order valence-corrected chi connectivity index (χ2v) is 11.0. The Morgan fingerprint density at radius 2 is 1.70 bits per heavy atom. The molecule has 1 amide bonds. The number of nitrogens with two attached hydrogens (primary N) is 1. The second-order valence-electron chi connectivity index (χ2n) is 11.0. The molecule has 4 N–H and O–H groups in total. The molecule has 8 nitrogen and oxygen atoms in total. The number of hydrogen-bond donors (Lipinski definition) is 3. The molecule has 6 atom stereocenters. The highest BCUT2D eigenvalue weighted by molar-refractivity contribution is 6.32. The third-order valence-corrected chi connectivity index (χ3v) is 8.63. The number of fused-ring (bicyclic) bond motifs is 3. The van der Waals surface area contributed by atoms with Crippen LogP contribution in [0, 0.1) is 42.4 Å². The van der Waals surface area contributed by atoms with Crippen molar-refractivity contribution in [3.63, 3.8) is 0 Å². The van der Waals surface area contributed by atoms with Crippen LogP contribution in [0.5, 0.6) is 5.75 Å². The first-order chi connectivity index (χ1) is 17.4. The summed E-state index contributed by atoms with van der Waals surface area (Å²) in [5.41, 5.74) is 5.90. The fourth-order valence-electron chi connectivity index (χ4n) is 6.98. The zero-order valence-electron chi connectivity index (χ0n) is 20.9. The van der Waals surface area contributed by atoms with Crippen LogP contribution >= 0.6 is 0 Å². The van der Waals surface area contributed by atoms with Crippen LogP contribution in [-0.2, 0) is 25.6 Å². The summed E-state index contributed by atoms with van der Waals surface area (Å²) >= 11 is 0. The average Bonchev–Trinajstić information content (AvgIpc) is 2.82. The number of phenolic OH excluding ortho intramolecular Hbond substituents is 1. The van der Waals surface area contributed by atoms with Gasteiger partial charge in [-0.1, -0.05) is 44.2 Å². The Balaban J connectivity index is 1.67. The van der Waals surface area contributed by atoms with Crippen LogP contribution in [0.2, 0.25) is 0 Å². The first-order valence-electron chi connectivity index (χ1n) is 12.5. The van der Waals surface area contributed by atoms with Crippen molar-refractivity contribution >= 4 is 29.0 Å². The third kappa shape index (κ3) is 3.35. The fraction of sp³-hybridized carbons (Fsp3) is 0.414. The van der Waals surface area contributed by atoms with Gasteiger partial charge in [0, 0.05) is 11.8 Å². The van der Waals surface area contributed by atoms with E-state index in [2.05, 4.69) is 0 Å². The van der Waals surface area contributed by atoms with E-state index in [9.17, 15) is 34.2 Å². The molecule has 2 aromatic rings. The van der Waals surface area contributed by atoms with Gasteiger partial charge in [-0.05, 0) is 59.9 Å². The van der Waals surface area contributed by atoms with Crippen LogP contribution in [0.15, 0.2) is 36.4 Å². The molecule has 0 spiro atoms. The normalized spacial score (nSPS) is 31.1. The standard InChI is InChI=1S/C29H29NO7/c1-12(2)20-18-11-14-10-17-16(15-7-5-4-6-13(15)3)8-9-19(31)22(17)25(33)21(14)26(34)29(18,37)27(35)23(24(20)32)28(30)36/h4-9,12,14,18,20-21,23,31,37H,10-11H2,1-3H3,(H2,30,36)/t14-,18-,20-,21?,23?,29-/m0/s1. The smallest absolute Gasteiger partial charge is 0.235 e. The van der Waals surface area contributed by atoms with Crippen molar-refractivity contribution in [2.75, 3.05) is 0 Å². The summed E-state index contributed by atoms with van der Waals surface area (Å²) in [5, 5.41) is 22.3. The molecule has 8 heteroatoms. The SMILES string of the molecule is Cc1ccccc1-c1ccc(O)c2c1C[C@H]1C[C@H]3[C@H](C(C)C)C(=O)C(C(N)=O)C(=O)[C@@]3(O)C(=O)C1C2=O. The average molecular weight is 504 g/mol. The van der Waals surface area contributed by atoms with E-state index in [1.54, 1.807) is 19.9 Å². The minimum atomic E-state index is -2.68. The molecular weight excluding hydrogens is 474 g/mol. The first-order valence-corrected chi connectivity index (χ1v) is 12.5. The van der Waals surface area contributed by atoms with Crippen LogP contribution in [0.4, 0.5) is 0 Å². The number of hydrogen-bond acceptors (Lipinski definition) is 7. The number of carbonyl (C=O) groups is 5. The molecule has 3 aliphatic rings. The van der Waals surface area contributed by atoms with Crippen molar-refractivity contribution in [2.24, 2.45) is 41.2 Å². The van der Waals surface area contributed by atoms with Crippen LogP contribution < -0.4 is 5.73 Å². The molecule has 0 saturated heterocycles. The van der Waals surface area contributed by atoms with E-state index in [1.807, 2.05) is 31.2 Å². The zero-order valence-corrected chi connectivity index (χ0v) is 20.9. The lowest BCUT2D eigenvalue weighted by molar-refractivity contribution is -0.182. The molecule has 37 heavy (non-hydrogen) atoms. The highest BCUT2D eigenvalue weighted by Crippen LogP contribution is 2.53. The van der Waals surface area contributed by atoms with E-state index >= 15 is 0 Å². The fourth-order valence-corrected chi connectivity index (χ4v) is 6.98. The van der Waals surface area contributed by atoms with Gasteiger partial charge in [-0.3, -0.25) is 24.0 Å². The molecular formula is C29H29NO7. The summed E-state index contributed by atoms with van der Waals surface area (Å²) in [6.45, 7) is 5.39. The number of aryl methyl sites for hydroxylation is 1. The lowest BCUT2D eigenvalue weighted by Gasteiger charge is -2.52. The van der Waals surface area contributed by atoms with Gasteiger partial charge in [0.25, 0.3) is 0 Å². The van der Waals surface area contributed by atoms with Crippen molar-refractivity contribution < 1.29 is 34.2 Å². The Hall–Kier alpha value is -3.65. The van der Waals surface area contributed by atoms with Crippen molar-refractivity contribution in [3.8, 4) is 16.9 Å². The predicted octanol–water partition coefficient (Wildman–Crippen LogP) is 2.18. The number of benzene rings is 2. The van der Waals surface area contributed by atoms with Gasteiger partial charge in [0.15, 0.2) is 34.7 Å². The molecule has 0 radical (unpaired) electrons. The number of amides is 1. The van der Waals surface area contributed by atoms with Gasteiger partial charge in [-0.15, -0.1) is 0 Å². The topological polar surface area (TPSA) is 152 Å². The molecule has 2 unspecified atom stereocenters. The summed E-state index contributed by atoms with van der Waals surface area (Å²) in [7, 11) is 0. The van der Waals surface area contributed by atoms with E-state index in [-0.39, 0.29) is 30.1 Å². The molecule has 2 saturated carbocycles. The quantitative estimate of drug-likeness (QED) is 0.543. The van der Waals surface area contributed by atoms with Crippen molar-refractivity contribution in [3.05, 3.63) is 53.1 Å². The number of aromatic hydroxyl groups is 1. The van der Waals surface area contributed by atoms with Crippen LogP contribution in [0.1, 0.15) is 41.8 Å². The van der Waals surface area contributed by atoms with Crippen LogP contribution in [0.3, 0.4) is 0 Å². The Kier molecular flexibility index (Phi) is 5.71. The van der Waals surface area contributed by atoms with Crippen LogP contribution in [-0.4, -0.2) is 44.9 Å². The first kappa shape index (κ1) is 25.0. The zero-order chi connectivity index (χ0) is 27.0. The molecule has 192 valence electrons. The summed E-state index contributed by atoms with van der Waals surface area (Å²) < 4.78 is 0. The maximum Gasteiger partial charge on any atom is 0.235 e. The Morgan fingerprint density at radius 3 is 2.32 bits per heavy atom. The van der Waals surface area contributed by atoms with Gasteiger partial charge in [0.1, 0.15) is 5.75 Å². The van der Waals surface area contributed by atoms with E-state index in [1.165, 1.54) is 6.07 Å². The lowest BCUT2D eigenvalue weighted by atomic mass is 9.49. The van der Waals surface area contributed by atoms with Gasteiger partial charge >= 0.3 is 0 Å². The molecule has 0 aromatic heterocycles. The van der Waals surface area contributed by atoms with Crippen molar-refractivity contribution in [2.45, 2.75) is 39.2 Å². The Morgan fingerprint density at radius 1 is 1.03 bits per heavy atom. The molecule has 0 bridgehead atoms. The van der Waals surface area contributed by atoms with Gasteiger partial charge in [0.05, 0.1) is 11.5 Å². The monoisotopic (exact) mass is 503 g/mol.